The molecule has 1 heterocycles. The highest BCUT2D eigenvalue weighted by Gasteiger charge is 2.21. The van der Waals surface area contributed by atoms with Crippen LogP contribution in [0.25, 0.3) is 0 Å². The van der Waals surface area contributed by atoms with Gasteiger partial charge in [0, 0.05) is 40.0 Å². The van der Waals surface area contributed by atoms with Gasteiger partial charge in [-0.2, -0.15) is 0 Å². The molecular weight excluding hydrogens is 302 g/mol. The molecule has 0 saturated carbocycles. The minimum atomic E-state index is 0.370. The van der Waals surface area contributed by atoms with Crippen LogP contribution in [0.1, 0.15) is 31.7 Å². The van der Waals surface area contributed by atoms with Gasteiger partial charge in [0.05, 0.1) is 12.6 Å². The molecule has 1 aliphatic heterocycles. The smallest absolute Gasteiger partial charge is 0.194 e. The van der Waals surface area contributed by atoms with Crippen LogP contribution in [0.2, 0.25) is 0 Å². The second-order valence-corrected chi connectivity index (χ2v) is 6.06. The first-order valence-corrected chi connectivity index (χ1v) is 9.01. The first-order valence-electron chi connectivity index (χ1n) is 9.01. The number of guanidine groups is 1. The number of ether oxygens (including phenoxy) is 2. The molecule has 0 radical (unpaired) electrons. The van der Waals surface area contributed by atoms with Crippen molar-refractivity contribution in [3.63, 3.8) is 0 Å². The minimum Gasteiger partial charge on any atom is -0.385 e. The summed E-state index contributed by atoms with van der Waals surface area (Å²) in [6.07, 6.45) is 3.46. The van der Waals surface area contributed by atoms with E-state index < -0.39 is 0 Å². The Morgan fingerprint density at radius 2 is 1.96 bits per heavy atom. The molecule has 134 valence electrons. The second kappa shape index (κ2) is 11.0. The van der Waals surface area contributed by atoms with Crippen molar-refractivity contribution in [1.82, 2.24) is 10.2 Å². The Labute approximate surface area is 146 Å². The van der Waals surface area contributed by atoms with Crippen LogP contribution in [0.15, 0.2) is 35.3 Å². The number of rotatable bonds is 8. The van der Waals surface area contributed by atoms with E-state index in [-0.39, 0.29) is 0 Å². The van der Waals surface area contributed by atoms with Gasteiger partial charge in [0.25, 0.3) is 0 Å². The lowest BCUT2D eigenvalue weighted by atomic mass is 10.1. The molecule has 0 amide bonds. The van der Waals surface area contributed by atoms with Gasteiger partial charge in [-0.15, -0.1) is 0 Å². The molecule has 5 nitrogen and oxygen atoms in total. The van der Waals surface area contributed by atoms with Gasteiger partial charge in [0.2, 0.25) is 0 Å². The van der Waals surface area contributed by atoms with Crippen LogP contribution in [0.5, 0.6) is 0 Å². The lowest BCUT2D eigenvalue weighted by molar-refractivity contribution is 0.00990. The molecule has 24 heavy (non-hydrogen) atoms. The quantitative estimate of drug-likeness (QED) is 0.451. The molecule has 1 saturated heterocycles. The van der Waals surface area contributed by atoms with Gasteiger partial charge in [-0.1, -0.05) is 30.3 Å². The van der Waals surface area contributed by atoms with E-state index in [9.17, 15) is 0 Å². The second-order valence-electron chi connectivity index (χ2n) is 6.06. The zero-order valence-corrected chi connectivity index (χ0v) is 15.0. The van der Waals surface area contributed by atoms with Crippen molar-refractivity contribution >= 4 is 5.96 Å². The highest BCUT2D eigenvalue weighted by Crippen LogP contribution is 2.14. The molecule has 1 aromatic rings. The average molecular weight is 333 g/mol. The van der Waals surface area contributed by atoms with Crippen molar-refractivity contribution in [1.29, 1.82) is 0 Å². The van der Waals surface area contributed by atoms with Gasteiger partial charge < -0.3 is 19.7 Å². The summed E-state index contributed by atoms with van der Waals surface area (Å²) in [5.74, 6) is 1.01. The Bertz CT molecular complexity index is 471. The number of nitrogens with zero attached hydrogens (tertiary/aromatic N) is 2. The number of nitrogens with one attached hydrogen (secondary N) is 1. The number of benzene rings is 1. The molecular formula is C19H31N3O2. The van der Waals surface area contributed by atoms with Crippen molar-refractivity contribution in [2.24, 2.45) is 4.99 Å². The van der Waals surface area contributed by atoms with E-state index in [0.29, 0.717) is 6.10 Å². The first kappa shape index (κ1) is 18.7. The van der Waals surface area contributed by atoms with Crippen LogP contribution < -0.4 is 5.32 Å². The number of hydrogen-bond donors (Lipinski definition) is 1. The maximum atomic E-state index is 5.94. The largest absolute Gasteiger partial charge is 0.385 e. The molecule has 0 aliphatic carbocycles. The van der Waals surface area contributed by atoms with Crippen molar-refractivity contribution in [3.05, 3.63) is 35.9 Å². The zero-order valence-electron chi connectivity index (χ0n) is 15.0. The molecule has 1 aliphatic rings. The Morgan fingerprint density at radius 1 is 1.21 bits per heavy atom. The number of aliphatic imine (C=N–C) groups is 1. The fourth-order valence-electron chi connectivity index (χ4n) is 2.86. The summed E-state index contributed by atoms with van der Waals surface area (Å²) in [7, 11) is 1.73. The zero-order chi connectivity index (χ0) is 17.0. The van der Waals surface area contributed by atoms with Crippen LogP contribution in [0.4, 0.5) is 0 Å². The summed E-state index contributed by atoms with van der Waals surface area (Å²) in [5, 5.41) is 3.42. The van der Waals surface area contributed by atoms with E-state index in [0.717, 1.165) is 64.6 Å². The summed E-state index contributed by atoms with van der Waals surface area (Å²) < 4.78 is 11.0. The van der Waals surface area contributed by atoms with Crippen LogP contribution >= 0.6 is 0 Å². The minimum absolute atomic E-state index is 0.370. The van der Waals surface area contributed by atoms with E-state index in [1.807, 2.05) is 6.07 Å². The van der Waals surface area contributed by atoms with Crippen LogP contribution in [0.3, 0.4) is 0 Å². The fourth-order valence-corrected chi connectivity index (χ4v) is 2.86. The predicted molar refractivity (Wildman–Crippen MR) is 98.3 cm³/mol. The highest BCUT2D eigenvalue weighted by molar-refractivity contribution is 5.80. The van der Waals surface area contributed by atoms with Gasteiger partial charge >= 0.3 is 0 Å². The van der Waals surface area contributed by atoms with Gasteiger partial charge in [0.15, 0.2) is 5.96 Å². The van der Waals surface area contributed by atoms with E-state index >= 15 is 0 Å². The number of hydrogen-bond acceptors (Lipinski definition) is 3. The third-order valence-corrected chi connectivity index (χ3v) is 4.18. The number of methoxy groups -OCH3 is 1. The van der Waals surface area contributed by atoms with E-state index in [2.05, 4.69) is 41.4 Å². The van der Waals surface area contributed by atoms with E-state index in [4.69, 9.17) is 14.5 Å². The predicted octanol–water partition coefficient (Wildman–Crippen LogP) is 2.67. The Hall–Kier alpha value is -1.59. The van der Waals surface area contributed by atoms with E-state index in [1.54, 1.807) is 7.11 Å². The molecule has 1 fully saturated rings. The molecule has 0 spiro atoms. The first-order chi connectivity index (χ1) is 11.8. The van der Waals surface area contributed by atoms with Crippen molar-refractivity contribution in [2.45, 2.75) is 38.8 Å². The molecule has 2 rings (SSSR count). The number of likely N-dealkylation sites (tertiary alicyclic amines) is 1. The lowest BCUT2D eigenvalue weighted by Gasteiger charge is -2.34. The topological polar surface area (TPSA) is 46.1 Å². The Kier molecular flexibility index (Phi) is 8.63. The Morgan fingerprint density at radius 3 is 2.62 bits per heavy atom. The van der Waals surface area contributed by atoms with E-state index in [1.165, 1.54) is 5.56 Å². The van der Waals surface area contributed by atoms with Crippen molar-refractivity contribution in [3.8, 4) is 0 Å². The van der Waals surface area contributed by atoms with Crippen LogP contribution in [-0.2, 0) is 16.0 Å². The normalized spacial score (nSPS) is 16.4. The van der Waals surface area contributed by atoms with Crippen LogP contribution in [-0.4, -0.2) is 56.9 Å². The third kappa shape index (κ3) is 6.49. The molecule has 1 aromatic carbocycles. The van der Waals surface area contributed by atoms with Crippen LogP contribution in [0, 0.1) is 0 Å². The highest BCUT2D eigenvalue weighted by atomic mass is 16.5. The standard InChI is InChI=1S/C19H31N3O2/c1-3-20-19(21-16-17-8-5-4-6-9-17)22-12-10-18(11-13-22)24-15-7-14-23-2/h4-6,8-9,18H,3,7,10-16H2,1-2H3,(H,20,21). The van der Waals surface area contributed by atoms with Gasteiger partial charge in [-0.3, -0.25) is 0 Å². The average Bonchev–Trinajstić information content (AvgIpc) is 2.64. The van der Waals surface area contributed by atoms with Gasteiger partial charge in [-0.25, -0.2) is 4.99 Å². The summed E-state index contributed by atoms with van der Waals surface area (Å²) >= 11 is 0. The van der Waals surface area contributed by atoms with Crippen molar-refractivity contribution < 1.29 is 9.47 Å². The molecule has 1 N–H and O–H groups in total. The maximum Gasteiger partial charge on any atom is 0.194 e. The molecule has 0 aromatic heterocycles. The molecule has 0 bridgehead atoms. The molecule has 0 atom stereocenters. The summed E-state index contributed by atoms with van der Waals surface area (Å²) in [5.41, 5.74) is 1.24. The summed E-state index contributed by atoms with van der Waals surface area (Å²) in [6, 6.07) is 10.4. The van der Waals surface area contributed by atoms with Crippen molar-refractivity contribution in [2.75, 3.05) is 40.0 Å². The monoisotopic (exact) mass is 333 g/mol. The number of piperidine rings is 1. The fraction of sp³-hybridized carbons (Fsp3) is 0.632. The van der Waals surface area contributed by atoms with Gasteiger partial charge in [0.1, 0.15) is 0 Å². The lowest BCUT2D eigenvalue weighted by Crippen LogP contribution is -2.47. The molecule has 5 heteroatoms. The molecule has 0 unspecified atom stereocenters. The third-order valence-electron chi connectivity index (χ3n) is 4.18. The maximum absolute atomic E-state index is 5.94. The van der Waals surface area contributed by atoms with Gasteiger partial charge in [-0.05, 0) is 31.7 Å². The summed E-state index contributed by atoms with van der Waals surface area (Å²) in [6.45, 7) is 7.28. The SMILES string of the molecule is CCNC(=NCc1ccccc1)N1CCC(OCCCOC)CC1. The Balaban J connectivity index is 1.80. The summed E-state index contributed by atoms with van der Waals surface area (Å²) in [4.78, 5) is 7.14.